The lowest BCUT2D eigenvalue weighted by Crippen LogP contribution is -2.27. The summed E-state index contributed by atoms with van der Waals surface area (Å²) in [5, 5.41) is 3.55. The molecular weight excluding hydrogens is 302 g/mol. The van der Waals surface area contributed by atoms with Crippen LogP contribution in [-0.4, -0.2) is 19.1 Å². The van der Waals surface area contributed by atoms with Crippen LogP contribution in [0.4, 0.5) is 0 Å². The number of nitrogens with one attached hydrogen (secondary N) is 1. The van der Waals surface area contributed by atoms with Crippen molar-refractivity contribution in [2.24, 2.45) is 0 Å². The minimum Gasteiger partial charge on any atom is -0.486 e. The van der Waals surface area contributed by atoms with Crippen molar-refractivity contribution in [1.82, 2.24) is 5.32 Å². The number of halogens is 1. The highest BCUT2D eigenvalue weighted by Gasteiger charge is 2.21. The average Bonchev–Trinajstić information content (AvgIpc) is 2.53. The van der Waals surface area contributed by atoms with E-state index in [-0.39, 0.29) is 11.9 Å². The van der Waals surface area contributed by atoms with Crippen LogP contribution >= 0.6 is 11.6 Å². The Morgan fingerprint density at radius 2 is 1.86 bits per heavy atom. The Kier molecular flexibility index (Phi) is 4.20. The number of hydrogen-bond donors (Lipinski definition) is 1. The smallest absolute Gasteiger partial charge is 0.217 e. The third-order valence-electron chi connectivity index (χ3n) is 3.46. The maximum atomic E-state index is 11.6. The molecule has 4 nitrogen and oxygen atoms in total. The van der Waals surface area contributed by atoms with Crippen LogP contribution in [-0.2, 0) is 4.79 Å². The van der Waals surface area contributed by atoms with E-state index in [4.69, 9.17) is 21.1 Å². The number of fused-ring (bicyclic) bond motifs is 1. The molecule has 1 heterocycles. The number of benzene rings is 2. The van der Waals surface area contributed by atoms with Crippen LogP contribution in [0.3, 0.4) is 0 Å². The fraction of sp³-hybridized carbons (Fsp3) is 0.235. The molecule has 1 N–H and O–H groups in total. The van der Waals surface area contributed by atoms with Crippen molar-refractivity contribution in [2.75, 3.05) is 13.2 Å². The number of amides is 1. The third-order valence-corrected chi connectivity index (χ3v) is 3.81. The normalized spacial score (nSPS) is 14.3. The van der Waals surface area contributed by atoms with Crippen LogP contribution in [0.1, 0.15) is 24.1 Å². The van der Waals surface area contributed by atoms with Gasteiger partial charge in [0, 0.05) is 11.9 Å². The van der Waals surface area contributed by atoms with E-state index in [1.165, 1.54) is 6.92 Å². The standard InChI is InChI=1S/C17H16ClNO3/c1-11(20)19-17(13-4-2-3-5-14(13)18)12-6-7-15-16(10-12)22-9-8-21-15/h2-7,10,17H,8-9H2,1H3,(H,19,20)/t17-/m1/s1. The van der Waals surface area contributed by atoms with Crippen molar-refractivity contribution in [3.63, 3.8) is 0 Å². The van der Waals surface area contributed by atoms with E-state index in [9.17, 15) is 4.79 Å². The first-order chi connectivity index (χ1) is 10.6. The van der Waals surface area contributed by atoms with Crippen molar-refractivity contribution in [3.05, 3.63) is 58.6 Å². The Hall–Kier alpha value is -2.20. The number of carbonyl (C=O) groups excluding carboxylic acids is 1. The molecule has 22 heavy (non-hydrogen) atoms. The zero-order valence-corrected chi connectivity index (χ0v) is 12.9. The highest BCUT2D eigenvalue weighted by Crippen LogP contribution is 2.35. The Labute approximate surface area is 134 Å². The molecule has 0 saturated heterocycles. The molecule has 5 heteroatoms. The summed E-state index contributed by atoms with van der Waals surface area (Å²) in [7, 11) is 0. The monoisotopic (exact) mass is 317 g/mol. The van der Waals surface area contributed by atoms with Gasteiger partial charge in [0.05, 0.1) is 6.04 Å². The van der Waals surface area contributed by atoms with E-state index in [1.807, 2.05) is 42.5 Å². The fourth-order valence-electron chi connectivity index (χ4n) is 2.49. The highest BCUT2D eigenvalue weighted by atomic mass is 35.5. The number of rotatable bonds is 3. The highest BCUT2D eigenvalue weighted by molar-refractivity contribution is 6.31. The lowest BCUT2D eigenvalue weighted by atomic mass is 9.98. The van der Waals surface area contributed by atoms with Crippen LogP contribution in [0.5, 0.6) is 11.5 Å². The van der Waals surface area contributed by atoms with Crippen LogP contribution in [0.2, 0.25) is 5.02 Å². The Balaban J connectivity index is 2.02. The van der Waals surface area contributed by atoms with E-state index >= 15 is 0 Å². The van der Waals surface area contributed by atoms with Gasteiger partial charge in [0.25, 0.3) is 0 Å². The molecule has 1 aliphatic rings. The number of ether oxygens (including phenoxy) is 2. The van der Waals surface area contributed by atoms with Crippen LogP contribution < -0.4 is 14.8 Å². The Bertz CT molecular complexity index is 702. The summed E-state index contributed by atoms with van der Waals surface area (Å²) in [5.74, 6) is 1.28. The van der Waals surface area contributed by atoms with Gasteiger partial charge in [0.1, 0.15) is 13.2 Å². The SMILES string of the molecule is CC(=O)N[C@H](c1ccc2c(c1)OCCO2)c1ccccc1Cl. The molecule has 0 bridgehead atoms. The molecule has 0 saturated carbocycles. The summed E-state index contributed by atoms with van der Waals surface area (Å²) in [5.41, 5.74) is 1.74. The lowest BCUT2D eigenvalue weighted by Gasteiger charge is -2.23. The maximum absolute atomic E-state index is 11.6. The molecule has 2 aromatic carbocycles. The van der Waals surface area contributed by atoms with Gasteiger partial charge in [-0.2, -0.15) is 0 Å². The molecule has 0 spiro atoms. The van der Waals surface area contributed by atoms with Crippen LogP contribution in [0.15, 0.2) is 42.5 Å². The summed E-state index contributed by atoms with van der Waals surface area (Å²) in [4.78, 5) is 11.6. The quantitative estimate of drug-likeness (QED) is 0.944. The Morgan fingerprint density at radius 1 is 1.14 bits per heavy atom. The molecule has 0 aliphatic carbocycles. The van der Waals surface area contributed by atoms with Crippen LogP contribution in [0, 0.1) is 0 Å². The van der Waals surface area contributed by atoms with Gasteiger partial charge in [-0.25, -0.2) is 0 Å². The van der Waals surface area contributed by atoms with Crippen molar-refractivity contribution in [2.45, 2.75) is 13.0 Å². The van der Waals surface area contributed by atoms with Gasteiger partial charge in [-0.1, -0.05) is 35.9 Å². The Morgan fingerprint density at radius 3 is 2.59 bits per heavy atom. The largest absolute Gasteiger partial charge is 0.486 e. The minimum absolute atomic E-state index is 0.125. The average molecular weight is 318 g/mol. The van der Waals surface area contributed by atoms with Gasteiger partial charge in [-0.05, 0) is 29.3 Å². The first-order valence-corrected chi connectivity index (χ1v) is 7.44. The predicted octanol–water partition coefficient (Wildman–Crippen LogP) is 3.34. The zero-order chi connectivity index (χ0) is 15.5. The van der Waals surface area contributed by atoms with Crippen molar-refractivity contribution >= 4 is 17.5 Å². The third kappa shape index (κ3) is 3.02. The van der Waals surface area contributed by atoms with E-state index in [2.05, 4.69) is 5.32 Å². The van der Waals surface area contributed by atoms with Gasteiger partial charge >= 0.3 is 0 Å². The molecule has 1 atom stereocenters. The van der Waals surface area contributed by atoms with E-state index in [1.54, 1.807) is 0 Å². The second-order valence-corrected chi connectivity index (χ2v) is 5.47. The first-order valence-electron chi connectivity index (χ1n) is 7.06. The second kappa shape index (κ2) is 6.28. The zero-order valence-electron chi connectivity index (χ0n) is 12.1. The molecule has 0 fully saturated rings. The summed E-state index contributed by atoms with van der Waals surface area (Å²) in [6.07, 6.45) is 0. The first kappa shape index (κ1) is 14.7. The van der Waals surface area contributed by atoms with Gasteiger partial charge in [0.2, 0.25) is 5.91 Å². The number of hydrogen-bond acceptors (Lipinski definition) is 3. The van der Waals surface area contributed by atoms with Crippen molar-refractivity contribution < 1.29 is 14.3 Å². The molecule has 1 amide bonds. The van der Waals surface area contributed by atoms with E-state index < -0.39 is 0 Å². The molecule has 3 rings (SSSR count). The second-order valence-electron chi connectivity index (χ2n) is 5.06. The molecule has 1 aliphatic heterocycles. The summed E-state index contributed by atoms with van der Waals surface area (Å²) in [6.45, 7) is 2.56. The maximum Gasteiger partial charge on any atom is 0.217 e. The summed E-state index contributed by atoms with van der Waals surface area (Å²) < 4.78 is 11.1. The summed E-state index contributed by atoms with van der Waals surface area (Å²) in [6, 6.07) is 12.8. The van der Waals surface area contributed by atoms with Crippen molar-refractivity contribution in [1.29, 1.82) is 0 Å². The number of carbonyl (C=O) groups is 1. The molecule has 0 unspecified atom stereocenters. The topological polar surface area (TPSA) is 47.6 Å². The molecular formula is C17H16ClNO3. The van der Waals surface area contributed by atoms with E-state index in [0.717, 1.165) is 16.9 Å². The predicted molar refractivity (Wildman–Crippen MR) is 84.5 cm³/mol. The van der Waals surface area contributed by atoms with Gasteiger partial charge < -0.3 is 14.8 Å². The van der Waals surface area contributed by atoms with Crippen LogP contribution in [0.25, 0.3) is 0 Å². The summed E-state index contributed by atoms with van der Waals surface area (Å²) >= 11 is 6.29. The lowest BCUT2D eigenvalue weighted by molar-refractivity contribution is -0.119. The molecule has 2 aromatic rings. The molecule has 0 aromatic heterocycles. The van der Waals surface area contributed by atoms with Gasteiger partial charge in [0.15, 0.2) is 11.5 Å². The van der Waals surface area contributed by atoms with Gasteiger partial charge in [-0.3, -0.25) is 4.79 Å². The molecule has 0 radical (unpaired) electrons. The van der Waals surface area contributed by atoms with Crippen molar-refractivity contribution in [3.8, 4) is 11.5 Å². The van der Waals surface area contributed by atoms with Gasteiger partial charge in [-0.15, -0.1) is 0 Å². The van der Waals surface area contributed by atoms with E-state index in [0.29, 0.717) is 24.0 Å². The molecule has 114 valence electrons. The fourth-order valence-corrected chi connectivity index (χ4v) is 2.74. The minimum atomic E-state index is -0.331.